The normalized spacial score (nSPS) is 30.7. The number of rotatable bonds is 5. The maximum absolute atomic E-state index is 13.6. The number of carbonyl (C=O) groups excluding carboxylic acids is 2. The van der Waals surface area contributed by atoms with Crippen LogP contribution in [0.2, 0.25) is 5.02 Å². The SMILES string of the molecule is CO[C@@]1(CC(=O)NC(C)(C)C(=O)O)/C=C/C[C@H](C)[C@@H](C)S(=O)(=O)NC(=O)c2ccc3c(c2)N(C[C@@H]2CC[C@H]21)C[C@@]1(CCCc2cc(Cl)ccc21)CO3. The summed E-state index contributed by atoms with van der Waals surface area (Å²) in [4.78, 5) is 41.3. The van der Waals surface area contributed by atoms with E-state index in [0.717, 1.165) is 32.1 Å². The van der Waals surface area contributed by atoms with Crippen molar-refractivity contribution >= 4 is 45.1 Å². The number of fused-ring (bicyclic) bond motifs is 4. The van der Waals surface area contributed by atoms with Gasteiger partial charge >= 0.3 is 5.97 Å². The van der Waals surface area contributed by atoms with E-state index in [9.17, 15) is 27.9 Å². The number of sulfonamides is 1. The molecule has 2 aliphatic heterocycles. The number of benzene rings is 2. The van der Waals surface area contributed by atoms with Crippen LogP contribution in [0.3, 0.4) is 0 Å². The van der Waals surface area contributed by atoms with E-state index in [-0.39, 0.29) is 35.2 Å². The van der Waals surface area contributed by atoms with Crippen molar-refractivity contribution in [2.75, 3.05) is 31.7 Å². The van der Waals surface area contributed by atoms with Crippen LogP contribution in [0.4, 0.5) is 5.69 Å². The van der Waals surface area contributed by atoms with Gasteiger partial charge in [0, 0.05) is 36.2 Å². The zero-order chi connectivity index (χ0) is 37.6. The number of carboxylic acid groups (broad SMARTS) is 1. The standard InChI is InChI=1S/C39H50ClN3O8S/c1-24-8-6-17-39(50-5,20-34(44)41-37(3,4)36(46)47)31-13-10-28(31)21-43-22-38(16-7-9-26-18-29(40)12-14-30(26)38)23-51-33-15-11-27(19-32(33)43)35(45)42-52(48,49)25(24)2/h6,11-12,14-15,17-19,24-25,28,31H,7-10,13,16,20-23H2,1-5H3,(H,41,44)(H,42,45)(H,46,47)/b17-6+/t24-,25+,28-,31+,38-,39+/m0/s1. The summed E-state index contributed by atoms with van der Waals surface area (Å²) in [6, 6.07) is 11.1. The monoisotopic (exact) mass is 755 g/mol. The minimum atomic E-state index is -4.07. The van der Waals surface area contributed by atoms with E-state index in [0.29, 0.717) is 42.6 Å². The van der Waals surface area contributed by atoms with Crippen LogP contribution >= 0.6 is 11.6 Å². The van der Waals surface area contributed by atoms with Gasteiger partial charge in [-0.15, -0.1) is 0 Å². The van der Waals surface area contributed by atoms with Crippen molar-refractivity contribution in [1.29, 1.82) is 0 Å². The molecule has 282 valence electrons. The number of hydrogen-bond donors (Lipinski definition) is 3. The first-order valence-corrected chi connectivity index (χ1v) is 20.1. The molecule has 1 spiro atoms. The van der Waals surface area contributed by atoms with Gasteiger partial charge in [-0.05, 0) is 119 Å². The Labute approximate surface area is 311 Å². The van der Waals surface area contributed by atoms with Gasteiger partial charge < -0.3 is 24.8 Å². The number of nitrogens with zero attached hydrogens (tertiary/aromatic N) is 1. The van der Waals surface area contributed by atoms with E-state index in [1.54, 1.807) is 39.2 Å². The van der Waals surface area contributed by atoms with Crippen LogP contribution in [-0.2, 0) is 36.2 Å². The lowest BCUT2D eigenvalue weighted by Gasteiger charge is -2.50. The molecule has 2 aromatic carbocycles. The quantitative estimate of drug-likeness (QED) is 0.330. The van der Waals surface area contributed by atoms with Crippen LogP contribution in [0.1, 0.15) is 87.7 Å². The van der Waals surface area contributed by atoms with E-state index in [1.165, 1.54) is 25.0 Å². The highest BCUT2D eigenvalue weighted by molar-refractivity contribution is 7.90. The van der Waals surface area contributed by atoms with E-state index in [1.807, 2.05) is 24.3 Å². The lowest BCUT2D eigenvalue weighted by Crippen LogP contribution is -2.56. The van der Waals surface area contributed by atoms with Gasteiger partial charge in [-0.1, -0.05) is 36.7 Å². The van der Waals surface area contributed by atoms with Crippen molar-refractivity contribution in [2.24, 2.45) is 17.8 Å². The van der Waals surface area contributed by atoms with Gasteiger partial charge in [-0.3, -0.25) is 9.59 Å². The molecule has 6 rings (SSSR count). The van der Waals surface area contributed by atoms with Crippen molar-refractivity contribution < 1.29 is 37.4 Å². The molecule has 4 aliphatic rings. The van der Waals surface area contributed by atoms with Crippen molar-refractivity contribution in [3.8, 4) is 5.75 Å². The highest BCUT2D eigenvalue weighted by Gasteiger charge is 2.50. The molecule has 0 radical (unpaired) electrons. The predicted octanol–water partition coefficient (Wildman–Crippen LogP) is 5.64. The molecule has 0 unspecified atom stereocenters. The molecule has 13 heteroatoms. The van der Waals surface area contributed by atoms with Crippen LogP contribution in [0, 0.1) is 17.8 Å². The Morgan fingerprint density at radius 2 is 1.94 bits per heavy atom. The fourth-order valence-electron chi connectivity index (χ4n) is 8.53. The molecule has 2 aliphatic carbocycles. The van der Waals surface area contributed by atoms with Crippen molar-refractivity contribution in [1.82, 2.24) is 10.0 Å². The predicted molar refractivity (Wildman–Crippen MR) is 199 cm³/mol. The third-order valence-electron chi connectivity index (χ3n) is 12.0. The largest absolute Gasteiger partial charge is 0.490 e. The van der Waals surface area contributed by atoms with Crippen LogP contribution in [0.5, 0.6) is 5.75 Å². The van der Waals surface area contributed by atoms with Gasteiger partial charge in [0.1, 0.15) is 11.3 Å². The van der Waals surface area contributed by atoms with E-state index < -0.39 is 44.2 Å². The molecule has 0 aromatic heterocycles. The number of carbonyl (C=O) groups is 3. The third kappa shape index (κ3) is 7.30. The summed E-state index contributed by atoms with van der Waals surface area (Å²) in [5, 5.41) is 12.2. The summed E-state index contributed by atoms with van der Waals surface area (Å²) >= 11 is 6.45. The number of allylic oxidation sites excluding steroid dienone is 1. The van der Waals surface area contributed by atoms with Gasteiger partial charge in [-0.25, -0.2) is 17.9 Å². The second kappa shape index (κ2) is 14.3. The fraction of sp³-hybridized carbons (Fsp3) is 0.564. The van der Waals surface area contributed by atoms with Crippen LogP contribution in [-0.4, -0.2) is 74.5 Å². The number of methoxy groups -OCH3 is 1. The minimum Gasteiger partial charge on any atom is -0.490 e. The Morgan fingerprint density at radius 3 is 2.63 bits per heavy atom. The number of hydrogen-bond acceptors (Lipinski definition) is 8. The Hall–Kier alpha value is -3.61. The van der Waals surface area contributed by atoms with Crippen molar-refractivity contribution in [3.63, 3.8) is 0 Å². The number of halogens is 1. The first-order valence-electron chi connectivity index (χ1n) is 18.1. The van der Waals surface area contributed by atoms with E-state index in [2.05, 4.69) is 21.0 Å². The molecular formula is C39H50ClN3O8S. The molecule has 11 nitrogen and oxygen atoms in total. The second-order valence-electron chi connectivity index (χ2n) is 15.8. The number of aryl methyl sites for hydroxylation is 1. The maximum atomic E-state index is 13.6. The van der Waals surface area contributed by atoms with Gasteiger partial charge in [0.25, 0.3) is 5.91 Å². The molecule has 1 fully saturated rings. The Morgan fingerprint density at radius 1 is 1.17 bits per heavy atom. The Kier molecular flexibility index (Phi) is 10.5. The van der Waals surface area contributed by atoms with E-state index >= 15 is 0 Å². The lowest BCUT2D eigenvalue weighted by molar-refractivity contribution is -0.148. The zero-order valence-corrected chi connectivity index (χ0v) is 32.1. The molecule has 0 saturated heterocycles. The number of amides is 2. The minimum absolute atomic E-state index is 0.0586. The molecule has 1 saturated carbocycles. The Bertz CT molecular complexity index is 1880. The zero-order valence-electron chi connectivity index (χ0n) is 30.5. The number of ether oxygens (including phenoxy) is 2. The Balaban J connectivity index is 1.45. The highest BCUT2D eigenvalue weighted by atomic mass is 35.5. The summed E-state index contributed by atoms with van der Waals surface area (Å²) in [6.45, 7) is 7.81. The first kappa shape index (κ1) is 38.1. The summed E-state index contributed by atoms with van der Waals surface area (Å²) < 4.78 is 42.2. The average molecular weight is 756 g/mol. The first-order chi connectivity index (χ1) is 24.5. The molecule has 6 atom stereocenters. The highest BCUT2D eigenvalue weighted by Crippen LogP contribution is 2.50. The number of carboxylic acids is 1. The molecule has 2 aromatic rings. The van der Waals surface area contributed by atoms with Crippen molar-refractivity contribution in [3.05, 3.63) is 70.3 Å². The lowest BCUT2D eigenvalue weighted by atomic mass is 9.62. The maximum Gasteiger partial charge on any atom is 0.328 e. The molecule has 2 amide bonds. The fourth-order valence-corrected chi connectivity index (χ4v) is 10.0. The summed E-state index contributed by atoms with van der Waals surface area (Å²) in [6.07, 6.45) is 8.34. The third-order valence-corrected chi connectivity index (χ3v) is 14.2. The van der Waals surface area contributed by atoms with Crippen molar-refractivity contribution in [2.45, 2.75) is 94.4 Å². The smallest absolute Gasteiger partial charge is 0.328 e. The topological polar surface area (TPSA) is 151 Å². The number of nitrogens with one attached hydrogen (secondary N) is 2. The van der Waals surface area contributed by atoms with Gasteiger partial charge in [0.05, 0.1) is 29.6 Å². The molecule has 2 bridgehead atoms. The van der Waals surface area contributed by atoms with Gasteiger partial charge in [0.15, 0.2) is 0 Å². The molecule has 2 heterocycles. The van der Waals surface area contributed by atoms with E-state index in [4.69, 9.17) is 21.1 Å². The van der Waals surface area contributed by atoms with Gasteiger partial charge in [0.2, 0.25) is 15.9 Å². The van der Waals surface area contributed by atoms with Crippen LogP contribution in [0.15, 0.2) is 48.6 Å². The summed E-state index contributed by atoms with van der Waals surface area (Å²) in [7, 11) is -2.50. The number of aliphatic carboxylic acids is 1. The average Bonchev–Trinajstić information content (AvgIpc) is 3.21. The number of anilines is 1. The molecule has 52 heavy (non-hydrogen) atoms. The summed E-state index contributed by atoms with van der Waals surface area (Å²) in [5.41, 5.74) is 0.329. The van der Waals surface area contributed by atoms with Gasteiger partial charge in [-0.2, -0.15) is 0 Å². The second-order valence-corrected chi connectivity index (χ2v) is 18.3. The molecule has 3 N–H and O–H groups in total. The van der Waals surface area contributed by atoms with Crippen LogP contribution in [0.25, 0.3) is 0 Å². The van der Waals surface area contributed by atoms with Crippen LogP contribution < -0.4 is 19.7 Å². The molecular weight excluding hydrogens is 706 g/mol. The summed E-state index contributed by atoms with van der Waals surface area (Å²) in [5.74, 6) is -2.16.